The first-order chi connectivity index (χ1) is 6.70. The van der Waals surface area contributed by atoms with Crippen molar-refractivity contribution in [2.45, 2.75) is 13.5 Å². The van der Waals surface area contributed by atoms with Crippen LogP contribution in [0.4, 0.5) is 0 Å². The van der Waals surface area contributed by atoms with E-state index in [0.717, 1.165) is 13.1 Å². The molecule has 0 aromatic carbocycles. The lowest BCUT2D eigenvalue weighted by Gasteiger charge is -2.05. The van der Waals surface area contributed by atoms with Crippen LogP contribution in [0.5, 0.6) is 0 Å². The molecule has 0 fully saturated rings. The average Bonchev–Trinajstić information content (AvgIpc) is 2.15. The van der Waals surface area contributed by atoms with E-state index in [-0.39, 0.29) is 0 Å². The number of aromatic nitrogens is 1. The molecule has 1 unspecified atom stereocenters. The van der Waals surface area contributed by atoms with Crippen molar-refractivity contribution in [1.82, 2.24) is 10.3 Å². The van der Waals surface area contributed by atoms with Crippen molar-refractivity contribution in [3.8, 4) is 0 Å². The van der Waals surface area contributed by atoms with Gasteiger partial charge in [0.2, 0.25) is 0 Å². The van der Waals surface area contributed by atoms with Crippen LogP contribution in [-0.2, 0) is 17.3 Å². The number of nitrogens with one attached hydrogen (secondary N) is 1. The highest BCUT2D eigenvalue weighted by Crippen LogP contribution is 2.03. The van der Waals surface area contributed by atoms with E-state index in [9.17, 15) is 4.21 Å². The molecule has 4 heteroatoms. The van der Waals surface area contributed by atoms with Crippen LogP contribution in [0, 0.1) is 6.92 Å². The van der Waals surface area contributed by atoms with Crippen LogP contribution >= 0.6 is 0 Å². The minimum Gasteiger partial charge on any atom is -0.312 e. The molecule has 1 aromatic rings. The molecule has 78 valence electrons. The van der Waals surface area contributed by atoms with E-state index in [0.29, 0.717) is 5.75 Å². The van der Waals surface area contributed by atoms with Gasteiger partial charge in [0.1, 0.15) is 0 Å². The third-order valence-corrected chi connectivity index (χ3v) is 2.81. The Hall–Kier alpha value is -0.740. The first-order valence-corrected chi connectivity index (χ1v) is 6.33. The summed E-state index contributed by atoms with van der Waals surface area (Å²) in [6, 6.07) is 2.00. The van der Waals surface area contributed by atoms with E-state index in [1.165, 1.54) is 11.1 Å². The Labute approximate surface area is 87.4 Å². The van der Waals surface area contributed by atoms with Gasteiger partial charge < -0.3 is 5.32 Å². The van der Waals surface area contributed by atoms with E-state index in [1.807, 2.05) is 12.3 Å². The van der Waals surface area contributed by atoms with Gasteiger partial charge in [0.05, 0.1) is 0 Å². The zero-order valence-corrected chi connectivity index (χ0v) is 9.43. The molecule has 1 heterocycles. The predicted molar refractivity (Wildman–Crippen MR) is 59.6 cm³/mol. The van der Waals surface area contributed by atoms with Gasteiger partial charge in [-0.15, -0.1) is 0 Å². The van der Waals surface area contributed by atoms with Crippen molar-refractivity contribution in [2.75, 3.05) is 18.6 Å². The maximum atomic E-state index is 10.8. The molecule has 0 saturated carbocycles. The fourth-order valence-electron chi connectivity index (χ4n) is 1.12. The predicted octanol–water partition coefficient (Wildman–Crippen LogP) is 0.858. The smallest absolute Gasteiger partial charge is 0.0357 e. The van der Waals surface area contributed by atoms with E-state index >= 15 is 0 Å². The summed E-state index contributed by atoms with van der Waals surface area (Å²) in [5.74, 6) is 0.708. The van der Waals surface area contributed by atoms with Gasteiger partial charge in [0, 0.05) is 48.3 Å². The minimum atomic E-state index is -0.707. The summed E-state index contributed by atoms with van der Waals surface area (Å²) in [6.45, 7) is 3.66. The fraction of sp³-hybridized carbons (Fsp3) is 0.500. The van der Waals surface area contributed by atoms with Gasteiger partial charge >= 0.3 is 0 Å². The third-order valence-electron chi connectivity index (χ3n) is 2.03. The van der Waals surface area contributed by atoms with Crippen LogP contribution < -0.4 is 5.32 Å². The third kappa shape index (κ3) is 3.98. The normalized spacial score (nSPS) is 12.7. The molecular weight excluding hydrogens is 196 g/mol. The van der Waals surface area contributed by atoms with Crippen molar-refractivity contribution in [2.24, 2.45) is 0 Å². The molecule has 0 aliphatic carbocycles. The van der Waals surface area contributed by atoms with Gasteiger partial charge in [-0.2, -0.15) is 0 Å². The molecule has 0 amide bonds. The number of hydrogen-bond donors (Lipinski definition) is 1. The molecule has 1 atom stereocenters. The lowest BCUT2D eigenvalue weighted by Crippen LogP contribution is -2.20. The van der Waals surface area contributed by atoms with Gasteiger partial charge in [0.15, 0.2) is 0 Å². The van der Waals surface area contributed by atoms with Gasteiger partial charge in [-0.1, -0.05) is 0 Å². The van der Waals surface area contributed by atoms with Gasteiger partial charge in [-0.05, 0) is 24.1 Å². The van der Waals surface area contributed by atoms with Crippen LogP contribution in [0.3, 0.4) is 0 Å². The molecule has 0 aliphatic heterocycles. The molecule has 3 nitrogen and oxygen atoms in total. The monoisotopic (exact) mass is 212 g/mol. The first kappa shape index (κ1) is 11.3. The highest BCUT2D eigenvalue weighted by molar-refractivity contribution is 7.84. The lowest BCUT2D eigenvalue weighted by atomic mass is 10.2. The van der Waals surface area contributed by atoms with Crippen molar-refractivity contribution < 1.29 is 4.21 Å². The molecule has 0 saturated heterocycles. The molecule has 14 heavy (non-hydrogen) atoms. The van der Waals surface area contributed by atoms with Crippen molar-refractivity contribution >= 4 is 10.8 Å². The molecule has 1 rings (SSSR count). The second-order valence-corrected chi connectivity index (χ2v) is 4.81. The molecule has 0 bridgehead atoms. The van der Waals surface area contributed by atoms with Gasteiger partial charge in [0.25, 0.3) is 0 Å². The molecule has 0 spiro atoms. The Morgan fingerprint density at radius 2 is 2.36 bits per heavy atom. The van der Waals surface area contributed by atoms with Crippen LogP contribution in [0.25, 0.3) is 0 Å². The SMILES string of the molecule is Cc1ccncc1CNCCS(C)=O. The number of pyridine rings is 1. The Bertz CT molecular complexity index is 315. The van der Waals surface area contributed by atoms with E-state index in [4.69, 9.17) is 0 Å². The Kier molecular flexibility index (Phi) is 4.76. The fourth-order valence-corrected chi connectivity index (χ4v) is 1.55. The van der Waals surface area contributed by atoms with Crippen LogP contribution in [0.15, 0.2) is 18.5 Å². The van der Waals surface area contributed by atoms with E-state index < -0.39 is 10.8 Å². The van der Waals surface area contributed by atoms with Gasteiger partial charge in [-0.3, -0.25) is 9.19 Å². The largest absolute Gasteiger partial charge is 0.312 e. The summed E-state index contributed by atoms with van der Waals surface area (Å²) < 4.78 is 10.8. The second-order valence-electron chi connectivity index (χ2n) is 3.26. The molecule has 1 aromatic heterocycles. The maximum Gasteiger partial charge on any atom is 0.0357 e. The Balaban J connectivity index is 2.31. The maximum absolute atomic E-state index is 10.8. The minimum absolute atomic E-state index is 0.707. The average molecular weight is 212 g/mol. The highest BCUT2D eigenvalue weighted by atomic mass is 32.2. The summed E-state index contributed by atoms with van der Waals surface area (Å²) >= 11 is 0. The number of nitrogens with zero attached hydrogens (tertiary/aromatic N) is 1. The molecule has 0 aliphatic rings. The standard InChI is InChI=1S/C10H16N2OS/c1-9-3-4-11-7-10(9)8-12-5-6-14(2)13/h3-4,7,12H,5-6,8H2,1-2H3. The van der Waals surface area contributed by atoms with Gasteiger partial charge in [-0.25, -0.2) is 0 Å². The van der Waals surface area contributed by atoms with E-state index in [1.54, 1.807) is 12.5 Å². The second kappa shape index (κ2) is 5.88. The summed E-state index contributed by atoms with van der Waals surface area (Å²) in [7, 11) is -0.707. The highest BCUT2D eigenvalue weighted by Gasteiger charge is 1.97. The van der Waals surface area contributed by atoms with Crippen LogP contribution in [0.2, 0.25) is 0 Å². The Morgan fingerprint density at radius 3 is 3.00 bits per heavy atom. The number of hydrogen-bond acceptors (Lipinski definition) is 3. The van der Waals surface area contributed by atoms with Crippen LogP contribution in [0.1, 0.15) is 11.1 Å². The lowest BCUT2D eigenvalue weighted by molar-refractivity contribution is 0.676. The summed E-state index contributed by atoms with van der Waals surface area (Å²) in [4.78, 5) is 4.06. The van der Waals surface area contributed by atoms with Crippen molar-refractivity contribution in [1.29, 1.82) is 0 Å². The molecular formula is C10H16N2OS. The number of rotatable bonds is 5. The zero-order valence-electron chi connectivity index (χ0n) is 8.62. The van der Waals surface area contributed by atoms with Crippen LogP contribution in [-0.4, -0.2) is 27.7 Å². The summed E-state index contributed by atoms with van der Waals surface area (Å²) in [6.07, 6.45) is 5.38. The van der Waals surface area contributed by atoms with Crippen molar-refractivity contribution in [3.63, 3.8) is 0 Å². The van der Waals surface area contributed by atoms with E-state index in [2.05, 4.69) is 17.2 Å². The molecule has 0 radical (unpaired) electrons. The first-order valence-electron chi connectivity index (χ1n) is 4.60. The summed E-state index contributed by atoms with van der Waals surface area (Å²) in [5.41, 5.74) is 2.44. The summed E-state index contributed by atoms with van der Waals surface area (Å²) in [5, 5.41) is 3.24. The molecule has 1 N–H and O–H groups in total. The quantitative estimate of drug-likeness (QED) is 0.736. The number of aryl methyl sites for hydroxylation is 1. The van der Waals surface area contributed by atoms with Crippen molar-refractivity contribution in [3.05, 3.63) is 29.6 Å². The Morgan fingerprint density at radius 1 is 1.57 bits per heavy atom. The topological polar surface area (TPSA) is 42.0 Å². The zero-order chi connectivity index (χ0) is 10.4.